The van der Waals surface area contributed by atoms with Gasteiger partial charge in [0.25, 0.3) is 0 Å². The van der Waals surface area contributed by atoms with E-state index in [1.165, 1.54) is 17.3 Å². The Kier molecular flexibility index (Phi) is 5.85. The second kappa shape index (κ2) is 8.48. The minimum absolute atomic E-state index is 0.0210. The van der Waals surface area contributed by atoms with Crippen molar-refractivity contribution in [3.05, 3.63) is 95.6 Å². The third-order valence-electron chi connectivity index (χ3n) is 3.91. The van der Waals surface area contributed by atoms with Gasteiger partial charge in [-0.3, -0.25) is 4.79 Å². The molecule has 3 aromatic rings. The lowest BCUT2D eigenvalue weighted by atomic mass is 10.1. The summed E-state index contributed by atoms with van der Waals surface area (Å²) in [6, 6.07) is 25.3. The van der Waals surface area contributed by atoms with Crippen LogP contribution in [0.5, 0.6) is 0 Å². The monoisotopic (exact) mass is 357 g/mol. The van der Waals surface area contributed by atoms with E-state index in [0.29, 0.717) is 11.3 Å². The molecular formula is C23H19NOS. The van der Waals surface area contributed by atoms with Crippen molar-refractivity contribution in [2.24, 2.45) is 4.99 Å². The highest BCUT2D eigenvalue weighted by molar-refractivity contribution is 8.14. The number of carbonyl (C=O) groups is 1. The Balaban J connectivity index is 1.87. The number of hydrogen-bond acceptors (Lipinski definition) is 3. The summed E-state index contributed by atoms with van der Waals surface area (Å²) in [7, 11) is 0. The van der Waals surface area contributed by atoms with Gasteiger partial charge in [0, 0.05) is 10.5 Å². The predicted molar refractivity (Wildman–Crippen MR) is 110 cm³/mol. The topological polar surface area (TPSA) is 29.4 Å². The Morgan fingerprint density at radius 2 is 1.54 bits per heavy atom. The van der Waals surface area contributed by atoms with E-state index in [0.717, 1.165) is 16.0 Å². The molecule has 0 aliphatic heterocycles. The van der Waals surface area contributed by atoms with Crippen molar-refractivity contribution in [3.63, 3.8) is 0 Å². The summed E-state index contributed by atoms with van der Waals surface area (Å²) in [6.07, 6.45) is 0. The molecule has 0 bridgehead atoms. The molecule has 3 aromatic carbocycles. The third kappa shape index (κ3) is 4.60. The van der Waals surface area contributed by atoms with Crippen molar-refractivity contribution in [3.8, 4) is 0 Å². The summed E-state index contributed by atoms with van der Waals surface area (Å²) < 4.78 is 0. The minimum Gasteiger partial charge on any atom is -0.281 e. The first-order chi connectivity index (χ1) is 12.6. The van der Waals surface area contributed by atoms with Gasteiger partial charge < -0.3 is 0 Å². The molecule has 26 heavy (non-hydrogen) atoms. The van der Waals surface area contributed by atoms with Crippen LogP contribution >= 0.6 is 11.8 Å². The first-order valence-electron chi connectivity index (χ1n) is 8.37. The number of aryl methyl sites for hydroxylation is 1. The zero-order valence-corrected chi connectivity index (χ0v) is 15.6. The number of rotatable bonds is 4. The zero-order valence-electron chi connectivity index (χ0n) is 14.8. The summed E-state index contributed by atoms with van der Waals surface area (Å²) in [5.74, 6) is 3.06. The van der Waals surface area contributed by atoms with Crippen molar-refractivity contribution >= 4 is 34.0 Å². The molecule has 0 amide bonds. The van der Waals surface area contributed by atoms with Crippen molar-refractivity contribution in [1.82, 2.24) is 0 Å². The average molecular weight is 357 g/mol. The van der Waals surface area contributed by atoms with Gasteiger partial charge in [-0.15, -0.1) is 0 Å². The van der Waals surface area contributed by atoms with Gasteiger partial charge in [0.05, 0.1) is 11.3 Å². The summed E-state index contributed by atoms with van der Waals surface area (Å²) in [5.41, 5.74) is 4.39. The summed E-state index contributed by atoms with van der Waals surface area (Å²) >= 11 is 1.22. The van der Waals surface area contributed by atoms with E-state index in [9.17, 15) is 4.79 Å². The molecule has 0 saturated carbocycles. The fraction of sp³-hybridized carbons (Fsp3) is 0.0870. The van der Waals surface area contributed by atoms with Gasteiger partial charge in [0.15, 0.2) is 0 Å². The Bertz CT molecular complexity index is 969. The van der Waals surface area contributed by atoms with E-state index in [1.54, 1.807) is 0 Å². The van der Waals surface area contributed by atoms with Crippen LogP contribution in [0.2, 0.25) is 0 Å². The highest BCUT2D eigenvalue weighted by atomic mass is 32.2. The quantitative estimate of drug-likeness (QED) is 0.403. The smallest absolute Gasteiger partial charge is 0.226 e. The molecule has 0 fully saturated rings. The van der Waals surface area contributed by atoms with Crippen molar-refractivity contribution in [2.45, 2.75) is 18.7 Å². The van der Waals surface area contributed by atoms with E-state index in [1.807, 2.05) is 92.7 Å². The molecule has 3 heteroatoms. The number of thioether (sulfide) groups is 1. The largest absolute Gasteiger partial charge is 0.281 e. The van der Waals surface area contributed by atoms with Crippen molar-refractivity contribution < 1.29 is 4.79 Å². The lowest BCUT2D eigenvalue weighted by molar-refractivity contribution is 0.108. The van der Waals surface area contributed by atoms with Gasteiger partial charge in [0.2, 0.25) is 5.12 Å². The van der Waals surface area contributed by atoms with Crippen LogP contribution in [-0.4, -0.2) is 11.0 Å². The van der Waals surface area contributed by atoms with Crippen LogP contribution in [-0.2, 0) is 0 Å². The fourth-order valence-corrected chi connectivity index (χ4v) is 3.18. The van der Waals surface area contributed by atoms with E-state index in [4.69, 9.17) is 0 Å². The molecule has 0 N–H and O–H groups in total. The van der Waals surface area contributed by atoms with Gasteiger partial charge in [-0.2, -0.15) is 0 Å². The maximum absolute atomic E-state index is 12.7. The molecule has 0 atom stereocenters. The van der Waals surface area contributed by atoms with Crippen LogP contribution < -0.4 is 0 Å². The number of benzene rings is 3. The fourth-order valence-electron chi connectivity index (χ4n) is 2.41. The molecule has 2 nitrogen and oxygen atoms in total. The predicted octanol–water partition coefficient (Wildman–Crippen LogP) is 6.33. The highest BCUT2D eigenvalue weighted by Crippen LogP contribution is 2.28. The van der Waals surface area contributed by atoms with Crippen LogP contribution in [0.3, 0.4) is 0 Å². The van der Waals surface area contributed by atoms with Gasteiger partial charge in [-0.25, -0.2) is 4.99 Å². The van der Waals surface area contributed by atoms with Crippen molar-refractivity contribution in [2.75, 3.05) is 0 Å². The molecule has 0 saturated heterocycles. The molecule has 0 aliphatic carbocycles. The third-order valence-corrected chi connectivity index (χ3v) is 4.82. The zero-order chi connectivity index (χ0) is 18.4. The Morgan fingerprint density at radius 3 is 2.27 bits per heavy atom. The maximum atomic E-state index is 12.7. The van der Waals surface area contributed by atoms with Crippen LogP contribution in [0.15, 0.2) is 88.8 Å². The number of hydrogen-bond donors (Lipinski definition) is 0. The Labute approximate surface area is 158 Å². The summed E-state index contributed by atoms with van der Waals surface area (Å²) in [6.45, 7) is 3.99. The molecular weight excluding hydrogens is 338 g/mol. The lowest BCUT2D eigenvalue weighted by Crippen LogP contribution is -1.93. The van der Waals surface area contributed by atoms with Gasteiger partial charge >= 0.3 is 0 Å². The van der Waals surface area contributed by atoms with E-state index < -0.39 is 0 Å². The standard InChI is InChI=1S/C23H19NOS/c1-17-12-14-20(15-13-17)26-23(25)21-10-6-7-11-22(21)24-16-18(2)19-8-4-3-5-9-19/h3-15H,1-2H3. The van der Waals surface area contributed by atoms with Gasteiger partial charge in [-0.1, -0.05) is 60.2 Å². The highest BCUT2D eigenvalue weighted by Gasteiger charge is 2.12. The summed E-state index contributed by atoms with van der Waals surface area (Å²) in [5, 5.41) is -0.0210. The lowest BCUT2D eigenvalue weighted by Gasteiger charge is -2.04. The van der Waals surface area contributed by atoms with E-state index in [-0.39, 0.29) is 5.12 Å². The number of carbonyl (C=O) groups excluding carboxylic acids is 1. The minimum atomic E-state index is -0.0210. The summed E-state index contributed by atoms with van der Waals surface area (Å²) in [4.78, 5) is 18.1. The molecule has 128 valence electrons. The molecule has 0 radical (unpaired) electrons. The molecule has 0 unspecified atom stereocenters. The van der Waals surface area contributed by atoms with E-state index >= 15 is 0 Å². The molecule has 0 aliphatic rings. The number of aliphatic imine (C=N–C) groups is 1. The Hall–Kier alpha value is -2.87. The number of para-hydroxylation sites is 1. The second-order valence-corrected chi connectivity index (χ2v) is 6.98. The molecule has 0 heterocycles. The second-order valence-electron chi connectivity index (χ2n) is 5.93. The molecule has 3 rings (SSSR count). The normalized spacial score (nSPS) is 10.1. The van der Waals surface area contributed by atoms with Crippen LogP contribution in [0.4, 0.5) is 5.69 Å². The van der Waals surface area contributed by atoms with Crippen LogP contribution in [0, 0.1) is 6.92 Å². The average Bonchev–Trinajstić information content (AvgIpc) is 2.68. The van der Waals surface area contributed by atoms with Crippen LogP contribution in [0.25, 0.3) is 5.57 Å². The molecule has 0 aromatic heterocycles. The first-order valence-corrected chi connectivity index (χ1v) is 9.19. The van der Waals surface area contributed by atoms with Crippen molar-refractivity contribution in [1.29, 1.82) is 0 Å². The first kappa shape index (κ1) is 17.9. The maximum Gasteiger partial charge on any atom is 0.226 e. The van der Waals surface area contributed by atoms with Crippen LogP contribution in [0.1, 0.15) is 28.4 Å². The van der Waals surface area contributed by atoms with Gasteiger partial charge in [0.1, 0.15) is 0 Å². The number of nitrogens with zero attached hydrogens (tertiary/aromatic N) is 1. The van der Waals surface area contributed by atoms with Gasteiger partial charge in [-0.05, 0) is 61.3 Å². The molecule has 0 spiro atoms. The SMILES string of the molecule is CC(=C=Nc1ccccc1C(=O)Sc1ccc(C)cc1)c1ccccc1. The van der Waals surface area contributed by atoms with E-state index in [2.05, 4.69) is 10.9 Å². The number of allylic oxidation sites excluding steroid dienone is 1. The Morgan fingerprint density at radius 1 is 0.885 bits per heavy atom.